The maximum absolute atomic E-state index is 12.9. The van der Waals surface area contributed by atoms with E-state index in [-0.39, 0.29) is 16.3 Å². The number of aromatic amines is 1. The molecule has 0 saturated carbocycles. The zero-order valence-electron chi connectivity index (χ0n) is 12.8. The molecule has 126 valence electrons. The summed E-state index contributed by atoms with van der Waals surface area (Å²) in [5, 5.41) is 11.3. The molecule has 0 aliphatic rings. The molecule has 0 amide bonds. The van der Waals surface area contributed by atoms with Crippen molar-refractivity contribution in [3.05, 3.63) is 91.3 Å². The molecule has 3 rings (SSSR count). The molecule has 0 spiro atoms. The van der Waals surface area contributed by atoms with Crippen LogP contribution in [0.1, 0.15) is 16.8 Å². The van der Waals surface area contributed by atoms with E-state index < -0.39 is 5.56 Å². The molecule has 0 aliphatic carbocycles. The number of hydrogen-bond donors (Lipinski definition) is 1. The Labute approximate surface area is 152 Å². The zero-order chi connectivity index (χ0) is 17.8. The SMILES string of the molecule is O=c1c(Cc2ccc(Cl)cc2)n[nH]c(=S)n1/N=C/c1ccc(F)cc1. The number of H-pyrrole nitrogens is 1. The van der Waals surface area contributed by atoms with E-state index in [1.807, 2.05) is 12.1 Å². The van der Waals surface area contributed by atoms with Crippen molar-refractivity contribution in [1.82, 2.24) is 14.9 Å². The standard InChI is InChI=1S/C17H12ClFN4OS/c18-13-5-1-11(2-6-13)9-15-16(24)23(17(25)22-21-15)20-10-12-3-7-14(19)8-4-12/h1-8,10H,9H2,(H,22,25)/b20-10+. The average Bonchev–Trinajstić information content (AvgIpc) is 2.61. The summed E-state index contributed by atoms with van der Waals surface area (Å²) in [6.07, 6.45) is 1.74. The van der Waals surface area contributed by atoms with Crippen LogP contribution in [0, 0.1) is 10.6 Å². The largest absolute Gasteiger partial charge is 0.297 e. The van der Waals surface area contributed by atoms with Crippen LogP contribution in [0.5, 0.6) is 0 Å². The van der Waals surface area contributed by atoms with Crippen molar-refractivity contribution in [2.24, 2.45) is 5.10 Å². The molecular weight excluding hydrogens is 363 g/mol. The average molecular weight is 375 g/mol. The predicted octanol–water partition coefficient (Wildman–Crippen LogP) is 3.57. The molecule has 0 unspecified atom stereocenters. The summed E-state index contributed by atoms with van der Waals surface area (Å²) < 4.78 is 14.1. The van der Waals surface area contributed by atoms with E-state index in [0.717, 1.165) is 10.2 Å². The molecule has 0 saturated heterocycles. The van der Waals surface area contributed by atoms with Crippen LogP contribution in [0.25, 0.3) is 0 Å². The van der Waals surface area contributed by atoms with E-state index in [0.29, 0.717) is 17.0 Å². The van der Waals surface area contributed by atoms with Crippen LogP contribution in [0.15, 0.2) is 58.4 Å². The minimum atomic E-state index is -0.419. The number of hydrogen-bond acceptors (Lipinski definition) is 4. The highest BCUT2D eigenvalue weighted by atomic mass is 35.5. The van der Waals surface area contributed by atoms with Crippen molar-refractivity contribution in [2.75, 3.05) is 0 Å². The summed E-state index contributed by atoms with van der Waals surface area (Å²) in [5.41, 5.74) is 1.37. The summed E-state index contributed by atoms with van der Waals surface area (Å²) in [6, 6.07) is 12.8. The molecule has 0 atom stereocenters. The van der Waals surface area contributed by atoms with Gasteiger partial charge in [-0.1, -0.05) is 35.9 Å². The first-order valence-corrected chi connectivity index (χ1v) is 8.06. The Morgan fingerprint density at radius 1 is 1.20 bits per heavy atom. The number of rotatable bonds is 4. The third-order valence-corrected chi connectivity index (χ3v) is 3.91. The van der Waals surface area contributed by atoms with E-state index >= 15 is 0 Å². The van der Waals surface area contributed by atoms with Crippen molar-refractivity contribution in [2.45, 2.75) is 6.42 Å². The molecule has 0 bridgehead atoms. The second-order valence-corrected chi connectivity index (χ2v) is 6.01. The van der Waals surface area contributed by atoms with Crippen molar-refractivity contribution < 1.29 is 4.39 Å². The van der Waals surface area contributed by atoms with Gasteiger partial charge in [-0.3, -0.25) is 9.89 Å². The van der Waals surface area contributed by atoms with E-state index in [4.69, 9.17) is 23.8 Å². The van der Waals surface area contributed by atoms with Gasteiger partial charge in [0.2, 0.25) is 4.77 Å². The first-order valence-electron chi connectivity index (χ1n) is 7.28. The highest BCUT2D eigenvalue weighted by Gasteiger charge is 2.08. The molecule has 8 heteroatoms. The summed E-state index contributed by atoms with van der Waals surface area (Å²) in [6.45, 7) is 0. The minimum absolute atomic E-state index is 0.0724. The molecule has 1 N–H and O–H groups in total. The fourth-order valence-electron chi connectivity index (χ4n) is 2.11. The summed E-state index contributed by atoms with van der Waals surface area (Å²) in [5.74, 6) is -0.347. The summed E-state index contributed by atoms with van der Waals surface area (Å²) in [7, 11) is 0. The van der Waals surface area contributed by atoms with Gasteiger partial charge in [-0.15, -0.1) is 0 Å². The Kier molecular flexibility index (Phi) is 5.16. The molecule has 2 aromatic carbocycles. The predicted molar refractivity (Wildman–Crippen MR) is 97.3 cm³/mol. The topological polar surface area (TPSA) is 63.0 Å². The van der Waals surface area contributed by atoms with Gasteiger partial charge in [0.1, 0.15) is 11.5 Å². The molecule has 0 fully saturated rings. The Hall–Kier alpha value is -2.64. The van der Waals surface area contributed by atoms with Crippen LogP contribution < -0.4 is 5.56 Å². The van der Waals surface area contributed by atoms with Gasteiger partial charge >= 0.3 is 0 Å². The lowest BCUT2D eigenvalue weighted by Gasteiger charge is -2.03. The second kappa shape index (κ2) is 7.50. The fourth-order valence-corrected chi connectivity index (χ4v) is 2.42. The molecule has 1 aromatic heterocycles. The van der Waals surface area contributed by atoms with Gasteiger partial charge in [0, 0.05) is 11.4 Å². The van der Waals surface area contributed by atoms with Gasteiger partial charge in [0.05, 0.1) is 6.21 Å². The van der Waals surface area contributed by atoms with E-state index in [1.165, 1.54) is 18.3 Å². The molecule has 5 nitrogen and oxygen atoms in total. The van der Waals surface area contributed by atoms with Crippen LogP contribution in [-0.4, -0.2) is 21.1 Å². The van der Waals surface area contributed by atoms with Crippen LogP contribution >= 0.6 is 23.8 Å². The highest BCUT2D eigenvalue weighted by Crippen LogP contribution is 2.11. The third-order valence-electron chi connectivity index (χ3n) is 3.40. The first kappa shape index (κ1) is 17.2. The van der Waals surface area contributed by atoms with Crippen LogP contribution in [0.3, 0.4) is 0 Å². The van der Waals surface area contributed by atoms with E-state index in [2.05, 4.69) is 15.3 Å². The maximum Gasteiger partial charge on any atom is 0.297 e. The second-order valence-electron chi connectivity index (χ2n) is 5.19. The number of benzene rings is 2. The Morgan fingerprint density at radius 2 is 1.88 bits per heavy atom. The molecule has 25 heavy (non-hydrogen) atoms. The van der Waals surface area contributed by atoms with Crippen LogP contribution in [-0.2, 0) is 6.42 Å². The Bertz CT molecular complexity index is 1030. The number of nitrogens with zero attached hydrogens (tertiary/aromatic N) is 3. The lowest BCUT2D eigenvalue weighted by Crippen LogP contribution is -2.25. The minimum Gasteiger partial charge on any atom is -0.265 e. The van der Waals surface area contributed by atoms with Gasteiger partial charge in [-0.05, 0) is 47.6 Å². The molecule has 3 aromatic rings. The normalized spacial score (nSPS) is 11.1. The first-order chi connectivity index (χ1) is 12.0. The smallest absolute Gasteiger partial charge is 0.265 e. The molecule has 0 radical (unpaired) electrons. The number of halogens is 2. The summed E-state index contributed by atoms with van der Waals surface area (Å²) >= 11 is 10.9. The van der Waals surface area contributed by atoms with Crippen molar-refractivity contribution >= 4 is 30.0 Å². The zero-order valence-corrected chi connectivity index (χ0v) is 14.4. The number of nitrogens with one attached hydrogen (secondary N) is 1. The quantitative estimate of drug-likeness (QED) is 0.561. The van der Waals surface area contributed by atoms with Gasteiger partial charge in [0.15, 0.2) is 0 Å². The summed E-state index contributed by atoms with van der Waals surface area (Å²) in [4.78, 5) is 12.6. The van der Waals surface area contributed by atoms with Crippen molar-refractivity contribution in [3.63, 3.8) is 0 Å². The molecule has 0 aliphatic heterocycles. The van der Waals surface area contributed by atoms with Gasteiger partial charge in [-0.2, -0.15) is 14.9 Å². The van der Waals surface area contributed by atoms with Crippen molar-refractivity contribution in [1.29, 1.82) is 0 Å². The monoisotopic (exact) mass is 374 g/mol. The van der Waals surface area contributed by atoms with Gasteiger partial charge in [0.25, 0.3) is 5.56 Å². The van der Waals surface area contributed by atoms with Gasteiger partial charge in [-0.25, -0.2) is 4.39 Å². The Balaban J connectivity index is 1.92. The third kappa shape index (κ3) is 4.26. The lowest BCUT2D eigenvalue weighted by atomic mass is 10.1. The fraction of sp³-hybridized carbons (Fsp3) is 0.0588. The van der Waals surface area contributed by atoms with E-state index in [1.54, 1.807) is 24.3 Å². The maximum atomic E-state index is 12.9. The van der Waals surface area contributed by atoms with Crippen LogP contribution in [0.2, 0.25) is 5.02 Å². The van der Waals surface area contributed by atoms with Crippen LogP contribution in [0.4, 0.5) is 4.39 Å². The van der Waals surface area contributed by atoms with Crippen molar-refractivity contribution in [3.8, 4) is 0 Å². The number of aromatic nitrogens is 3. The van der Waals surface area contributed by atoms with E-state index in [9.17, 15) is 9.18 Å². The lowest BCUT2D eigenvalue weighted by molar-refractivity contribution is 0.628. The highest BCUT2D eigenvalue weighted by molar-refractivity contribution is 7.71. The Morgan fingerprint density at radius 3 is 2.56 bits per heavy atom. The molecular formula is C17H12ClFN4OS. The molecule has 1 heterocycles. The van der Waals surface area contributed by atoms with Gasteiger partial charge < -0.3 is 0 Å².